The molecule has 2 heterocycles. The molecule has 3 rings (SSSR count). The van der Waals surface area contributed by atoms with Gasteiger partial charge in [0.1, 0.15) is 5.82 Å². The van der Waals surface area contributed by atoms with E-state index >= 15 is 0 Å². The molecule has 9 heteroatoms. The van der Waals surface area contributed by atoms with E-state index in [2.05, 4.69) is 19.9 Å². The van der Waals surface area contributed by atoms with E-state index in [9.17, 15) is 23.6 Å². The number of hydrogen-bond acceptors (Lipinski definition) is 4. The molecule has 2 aromatic heterocycles. The van der Waals surface area contributed by atoms with Crippen LogP contribution < -0.4 is 22.5 Å². The molecule has 8 nitrogen and oxygen atoms in total. The maximum absolute atomic E-state index is 13.2. The highest BCUT2D eigenvalue weighted by atomic mass is 19.1. The van der Waals surface area contributed by atoms with Gasteiger partial charge >= 0.3 is 11.4 Å². The second-order valence-electron chi connectivity index (χ2n) is 5.04. The molecule has 0 aliphatic rings. The van der Waals surface area contributed by atoms with Gasteiger partial charge in [0.15, 0.2) is 0 Å². The maximum atomic E-state index is 13.2. The minimum absolute atomic E-state index is 0.0683. The van der Waals surface area contributed by atoms with E-state index in [1.807, 2.05) is 0 Å². The van der Waals surface area contributed by atoms with E-state index in [-0.39, 0.29) is 11.1 Å². The Morgan fingerprint density at radius 2 is 1.21 bits per heavy atom. The van der Waals surface area contributed by atoms with Crippen molar-refractivity contribution >= 4 is 0 Å². The summed E-state index contributed by atoms with van der Waals surface area (Å²) in [5.41, 5.74) is -2.21. The van der Waals surface area contributed by atoms with Crippen molar-refractivity contribution in [3.63, 3.8) is 0 Å². The van der Waals surface area contributed by atoms with Crippen molar-refractivity contribution in [3.8, 4) is 0 Å². The van der Waals surface area contributed by atoms with E-state index in [1.54, 1.807) is 0 Å². The SMILES string of the molecule is O=c1[nH]cc(C(c2ccc(F)cc2)c2c[nH]c(=O)[nH]c2=O)c(=O)[nH]1. The third kappa shape index (κ3) is 2.86. The Bertz CT molecular complexity index is 1040. The molecular formula is C15H11FN4O4. The van der Waals surface area contributed by atoms with E-state index in [4.69, 9.17) is 0 Å². The molecule has 0 atom stereocenters. The number of aromatic amines is 4. The van der Waals surface area contributed by atoms with Crippen molar-refractivity contribution in [2.24, 2.45) is 0 Å². The number of nitrogens with one attached hydrogen (secondary N) is 4. The third-order valence-corrected chi connectivity index (χ3v) is 3.52. The monoisotopic (exact) mass is 330 g/mol. The van der Waals surface area contributed by atoms with Crippen molar-refractivity contribution in [1.82, 2.24) is 19.9 Å². The first-order valence-corrected chi connectivity index (χ1v) is 6.85. The summed E-state index contributed by atoms with van der Waals surface area (Å²) in [6.07, 6.45) is 2.36. The first-order valence-electron chi connectivity index (χ1n) is 6.85. The lowest BCUT2D eigenvalue weighted by Crippen LogP contribution is -2.31. The highest BCUT2D eigenvalue weighted by Gasteiger charge is 2.23. The van der Waals surface area contributed by atoms with Gasteiger partial charge in [-0.3, -0.25) is 19.6 Å². The van der Waals surface area contributed by atoms with Gasteiger partial charge in [0, 0.05) is 29.4 Å². The zero-order valence-electron chi connectivity index (χ0n) is 12.1. The van der Waals surface area contributed by atoms with Gasteiger partial charge in [-0.1, -0.05) is 12.1 Å². The fourth-order valence-corrected chi connectivity index (χ4v) is 2.45. The van der Waals surface area contributed by atoms with Crippen molar-refractivity contribution in [2.75, 3.05) is 0 Å². The quantitative estimate of drug-likeness (QED) is 0.527. The Balaban J connectivity index is 2.30. The van der Waals surface area contributed by atoms with Crippen molar-refractivity contribution in [1.29, 1.82) is 0 Å². The first kappa shape index (κ1) is 15.4. The fraction of sp³-hybridized carbons (Fsp3) is 0.0667. The van der Waals surface area contributed by atoms with E-state index in [0.717, 1.165) is 0 Å². The van der Waals surface area contributed by atoms with E-state index < -0.39 is 34.2 Å². The molecule has 0 saturated carbocycles. The van der Waals surface area contributed by atoms with Crippen LogP contribution in [0.2, 0.25) is 0 Å². The fourth-order valence-electron chi connectivity index (χ4n) is 2.45. The third-order valence-electron chi connectivity index (χ3n) is 3.52. The first-order chi connectivity index (χ1) is 11.5. The number of hydrogen-bond donors (Lipinski definition) is 4. The highest BCUT2D eigenvalue weighted by molar-refractivity contribution is 5.39. The van der Waals surface area contributed by atoms with Crippen LogP contribution in [0.3, 0.4) is 0 Å². The number of H-pyrrole nitrogens is 4. The highest BCUT2D eigenvalue weighted by Crippen LogP contribution is 2.26. The van der Waals surface area contributed by atoms with Crippen LogP contribution in [-0.4, -0.2) is 19.9 Å². The number of rotatable bonds is 3. The summed E-state index contributed by atoms with van der Waals surface area (Å²) in [5.74, 6) is -1.39. The van der Waals surface area contributed by atoms with Gasteiger partial charge in [-0.25, -0.2) is 14.0 Å². The predicted molar refractivity (Wildman–Crippen MR) is 82.7 cm³/mol. The van der Waals surface area contributed by atoms with Crippen molar-refractivity contribution in [3.05, 3.63) is 101 Å². The van der Waals surface area contributed by atoms with Crippen LogP contribution >= 0.6 is 0 Å². The topological polar surface area (TPSA) is 131 Å². The molecule has 3 aromatic rings. The lowest BCUT2D eigenvalue weighted by Gasteiger charge is -2.16. The van der Waals surface area contributed by atoms with E-state index in [1.165, 1.54) is 36.7 Å². The molecule has 0 unspecified atom stereocenters. The summed E-state index contributed by atoms with van der Waals surface area (Å²) in [7, 11) is 0. The average molecular weight is 330 g/mol. The molecule has 24 heavy (non-hydrogen) atoms. The zero-order valence-corrected chi connectivity index (χ0v) is 12.1. The van der Waals surface area contributed by atoms with Gasteiger partial charge < -0.3 is 9.97 Å². The summed E-state index contributed by atoms with van der Waals surface area (Å²) in [4.78, 5) is 55.5. The molecule has 1 aromatic carbocycles. The Morgan fingerprint density at radius 3 is 1.62 bits per heavy atom. The summed E-state index contributed by atoms with van der Waals surface area (Å²) in [6.45, 7) is 0. The molecule has 0 radical (unpaired) electrons. The minimum Gasteiger partial charge on any atom is -0.314 e. The molecule has 0 bridgehead atoms. The summed E-state index contributed by atoms with van der Waals surface area (Å²) in [5, 5.41) is 0. The average Bonchev–Trinajstić information content (AvgIpc) is 2.53. The maximum Gasteiger partial charge on any atom is 0.325 e. The van der Waals surface area contributed by atoms with Crippen LogP contribution in [0, 0.1) is 5.82 Å². The number of aromatic nitrogens is 4. The largest absolute Gasteiger partial charge is 0.325 e. The van der Waals surface area contributed by atoms with Gasteiger partial charge in [-0.15, -0.1) is 0 Å². The lowest BCUT2D eigenvalue weighted by atomic mass is 9.88. The van der Waals surface area contributed by atoms with Gasteiger partial charge in [0.05, 0.1) is 0 Å². The smallest absolute Gasteiger partial charge is 0.314 e. The second kappa shape index (κ2) is 5.95. The van der Waals surface area contributed by atoms with Gasteiger partial charge in [0.25, 0.3) is 11.1 Å². The van der Waals surface area contributed by atoms with Gasteiger partial charge in [-0.2, -0.15) is 0 Å². The van der Waals surface area contributed by atoms with E-state index in [0.29, 0.717) is 5.56 Å². The van der Waals surface area contributed by atoms with Gasteiger partial charge in [-0.05, 0) is 17.7 Å². The molecule has 0 aliphatic heterocycles. The number of halogens is 1. The predicted octanol–water partition coefficient (Wildman–Crippen LogP) is -0.241. The Labute approximate surface area is 132 Å². The molecular weight excluding hydrogens is 319 g/mol. The number of benzene rings is 1. The van der Waals surface area contributed by atoms with Crippen LogP contribution in [0.4, 0.5) is 4.39 Å². The Morgan fingerprint density at radius 1 is 0.750 bits per heavy atom. The molecule has 0 fully saturated rings. The molecule has 0 saturated heterocycles. The van der Waals surface area contributed by atoms with Gasteiger partial charge in [0.2, 0.25) is 0 Å². The Hall–Kier alpha value is -3.49. The molecule has 4 N–H and O–H groups in total. The Kier molecular flexibility index (Phi) is 3.82. The summed E-state index contributed by atoms with van der Waals surface area (Å²) in [6, 6.07) is 5.19. The summed E-state index contributed by atoms with van der Waals surface area (Å²) < 4.78 is 13.2. The molecule has 0 spiro atoms. The van der Waals surface area contributed by atoms with Crippen LogP contribution in [-0.2, 0) is 0 Å². The standard InChI is InChI=1S/C15H11FN4O4/c16-8-3-1-7(2-4-8)11(9-5-17-14(23)19-12(9)21)10-6-18-15(24)20-13(10)22/h1-6,11H,(H2,17,19,21,23)(H2,18,20,22,24). The molecule has 0 aliphatic carbocycles. The van der Waals surface area contributed by atoms with Crippen LogP contribution in [0.25, 0.3) is 0 Å². The normalized spacial score (nSPS) is 10.9. The van der Waals surface area contributed by atoms with Crippen LogP contribution in [0.1, 0.15) is 22.6 Å². The lowest BCUT2D eigenvalue weighted by molar-refractivity contribution is 0.626. The minimum atomic E-state index is -0.910. The van der Waals surface area contributed by atoms with Crippen LogP contribution in [0.5, 0.6) is 0 Å². The van der Waals surface area contributed by atoms with Crippen molar-refractivity contribution < 1.29 is 4.39 Å². The van der Waals surface area contributed by atoms with Crippen LogP contribution in [0.15, 0.2) is 55.8 Å². The molecule has 122 valence electrons. The zero-order chi connectivity index (χ0) is 17.3. The summed E-state index contributed by atoms with van der Waals surface area (Å²) >= 11 is 0. The van der Waals surface area contributed by atoms with Crippen molar-refractivity contribution in [2.45, 2.75) is 5.92 Å². The molecule has 0 amide bonds. The second-order valence-corrected chi connectivity index (χ2v) is 5.04.